The van der Waals surface area contributed by atoms with Gasteiger partial charge in [-0.3, -0.25) is 4.79 Å². The maximum Gasteiger partial charge on any atom is 0.231 e. The van der Waals surface area contributed by atoms with Crippen molar-refractivity contribution in [2.75, 3.05) is 5.32 Å². The molecule has 3 nitrogen and oxygen atoms in total. The molecule has 3 heteroatoms. The fourth-order valence-electron chi connectivity index (χ4n) is 3.21. The molecule has 2 aromatic rings. The third-order valence-electron chi connectivity index (χ3n) is 4.81. The molecule has 114 valence electrons. The van der Waals surface area contributed by atoms with Gasteiger partial charge in [0.05, 0.1) is 12.0 Å². The third-order valence-corrected chi connectivity index (χ3v) is 4.81. The minimum absolute atomic E-state index is 0.0683. The number of hydrogen-bond donors (Lipinski definition) is 2. The Labute approximate surface area is 131 Å². The van der Waals surface area contributed by atoms with Crippen LogP contribution in [0.15, 0.2) is 30.3 Å². The molecular formula is C19H22N2O. The second-order valence-electron chi connectivity index (χ2n) is 6.28. The van der Waals surface area contributed by atoms with Gasteiger partial charge in [0.15, 0.2) is 0 Å². The third kappa shape index (κ3) is 2.22. The first-order valence-corrected chi connectivity index (χ1v) is 7.67. The average molecular weight is 294 g/mol. The van der Waals surface area contributed by atoms with E-state index in [0.29, 0.717) is 0 Å². The van der Waals surface area contributed by atoms with Gasteiger partial charge in [-0.1, -0.05) is 35.9 Å². The maximum absolute atomic E-state index is 11.9. The van der Waals surface area contributed by atoms with Crippen molar-refractivity contribution < 1.29 is 4.79 Å². The molecule has 0 bridgehead atoms. The molecule has 0 fully saturated rings. The van der Waals surface area contributed by atoms with Gasteiger partial charge in [-0.2, -0.15) is 0 Å². The van der Waals surface area contributed by atoms with Crippen LogP contribution in [-0.4, -0.2) is 5.91 Å². The van der Waals surface area contributed by atoms with Crippen molar-refractivity contribution in [3.05, 3.63) is 63.7 Å². The number of benzene rings is 2. The van der Waals surface area contributed by atoms with E-state index in [1.54, 1.807) is 0 Å². The van der Waals surface area contributed by atoms with E-state index >= 15 is 0 Å². The van der Waals surface area contributed by atoms with E-state index in [1.165, 1.54) is 5.56 Å². The summed E-state index contributed by atoms with van der Waals surface area (Å²) in [6, 6.07) is 10.2. The van der Waals surface area contributed by atoms with E-state index in [0.717, 1.165) is 33.5 Å². The molecule has 1 heterocycles. The molecule has 1 aliphatic rings. The monoisotopic (exact) mass is 294 g/mol. The smallest absolute Gasteiger partial charge is 0.231 e. The minimum atomic E-state index is -0.174. The summed E-state index contributed by atoms with van der Waals surface area (Å²) < 4.78 is 0. The highest BCUT2D eigenvalue weighted by molar-refractivity contribution is 6.03. The second-order valence-corrected chi connectivity index (χ2v) is 6.28. The summed E-state index contributed by atoms with van der Waals surface area (Å²) in [6.45, 7) is 8.15. The van der Waals surface area contributed by atoms with Crippen LogP contribution < -0.4 is 11.1 Å². The maximum atomic E-state index is 11.9. The lowest BCUT2D eigenvalue weighted by Crippen LogP contribution is -2.14. The zero-order valence-electron chi connectivity index (χ0n) is 13.5. The van der Waals surface area contributed by atoms with E-state index in [-0.39, 0.29) is 17.9 Å². The van der Waals surface area contributed by atoms with Crippen LogP contribution in [0.25, 0.3) is 0 Å². The lowest BCUT2D eigenvalue weighted by molar-refractivity contribution is -0.116. The highest BCUT2D eigenvalue weighted by Gasteiger charge is 2.30. The Kier molecular flexibility index (Phi) is 3.53. The van der Waals surface area contributed by atoms with Crippen LogP contribution in [0.1, 0.15) is 52.3 Å². The fraction of sp³-hybridized carbons (Fsp3) is 0.316. The van der Waals surface area contributed by atoms with Crippen LogP contribution in [0, 0.1) is 20.8 Å². The lowest BCUT2D eigenvalue weighted by atomic mass is 9.88. The molecule has 0 aromatic heterocycles. The van der Waals surface area contributed by atoms with Gasteiger partial charge >= 0.3 is 0 Å². The molecule has 0 saturated carbocycles. The molecule has 3 N–H and O–H groups in total. The van der Waals surface area contributed by atoms with Crippen molar-refractivity contribution >= 4 is 11.6 Å². The predicted molar refractivity (Wildman–Crippen MR) is 90.2 cm³/mol. The van der Waals surface area contributed by atoms with Crippen LogP contribution in [-0.2, 0) is 4.79 Å². The summed E-state index contributed by atoms with van der Waals surface area (Å²) in [4.78, 5) is 11.9. The standard InChI is InChI=1S/C19H22N2O/c1-10-6-5-7-14(8-10)17(20)15-9-16-13(4)19(22)21-18(16)12(3)11(15)2/h5-9,13,17H,20H2,1-4H3,(H,21,22). The number of anilines is 1. The number of nitrogens with two attached hydrogens (primary N) is 1. The SMILES string of the molecule is Cc1cccc(C(N)c2cc3c(c(C)c2C)NC(=O)C3C)c1. The molecule has 2 atom stereocenters. The van der Waals surface area contributed by atoms with Crippen molar-refractivity contribution in [3.8, 4) is 0 Å². The highest BCUT2D eigenvalue weighted by Crippen LogP contribution is 2.39. The zero-order chi connectivity index (χ0) is 16.0. The Morgan fingerprint density at radius 3 is 2.55 bits per heavy atom. The Hall–Kier alpha value is -2.13. The lowest BCUT2D eigenvalue weighted by Gasteiger charge is -2.20. The molecule has 1 amide bonds. The van der Waals surface area contributed by atoms with Gasteiger partial charge in [0.1, 0.15) is 0 Å². The predicted octanol–water partition coefficient (Wildman–Crippen LogP) is 3.72. The number of amides is 1. The zero-order valence-corrected chi connectivity index (χ0v) is 13.5. The topological polar surface area (TPSA) is 55.1 Å². The van der Waals surface area contributed by atoms with Crippen LogP contribution in [0.4, 0.5) is 5.69 Å². The number of aryl methyl sites for hydroxylation is 1. The number of nitrogens with one attached hydrogen (secondary N) is 1. The van der Waals surface area contributed by atoms with Crippen molar-refractivity contribution in [1.29, 1.82) is 0 Å². The summed E-state index contributed by atoms with van der Waals surface area (Å²) >= 11 is 0. The summed E-state index contributed by atoms with van der Waals surface area (Å²) in [5, 5.41) is 2.99. The normalized spacial score (nSPS) is 18.0. The van der Waals surface area contributed by atoms with E-state index in [9.17, 15) is 4.79 Å². The van der Waals surface area contributed by atoms with Crippen molar-refractivity contribution in [2.24, 2.45) is 5.73 Å². The van der Waals surface area contributed by atoms with Crippen molar-refractivity contribution in [3.63, 3.8) is 0 Å². The number of carbonyl (C=O) groups is 1. The first-order valence-electron chi connectivity index (χ1n) is 7.67. The quantitative estimate of drug-likeness (QED) is 0.887. The van der Waals surface area contributed by atoms with E-state index in [2.05, 4.69) is 50.4 Å². The van der Waals surface area contributed by atoms with Crippen LogP contribution in [0.2, 0.25) is 0 Å². The van der Waals surface area contributed by atoms with Crippen LogP contribution in [0.3, 0.4) is 0 Å². The summed E-state index contributed by atoms with van der Waals surface area (Å²) in [7, 11) is 0. The van der Waals surface area contributed by atoms with Gasteiger partial charge in [0.25, 0.3) is 0 Å². The molecule has 0 aliphatic carbocycles. The average Bonchev–Trinajstić information content (AvgIpc) is 2.78. The van der Waals surface area contributed by atoms with Gasteiger partial charge < -0.3 is 11.1 Å². The molecule has 3 rings (SSSR count). The minimum Gasteiger partial charge on any atom is -0.325 e. The molecule has 2 unspecified atom stereocenters. The van der Waals surface area contributed by atoms with Crippen molar-refractivity contribution in [1.82, 2.24) is 0 Å². The highest BCUT2D eigenvalue weighted by atomic mass is 16.2. The first kappa shape index (κ1) is 14.8. The van der Waals surface area contributed by atoms with Crippen LogP contribution >= 0.6 is 0 Å². The fourth-order valence-corrected chi connectivity index (χ4v) is 3.21. The number of rotatable bonds is 2. The molecule has 0 saturated heterocycles. The Morgan fingerprint density at radius 2 is 1.86 bits per heavy atom. The van der Waals surface area contributed by atoms with Gasteiger partial charge in [-0.05, 0) is 55.5 Å². The molecule has 0 radical (unpaired) electrons. The van der Waals surface area contributed by atoms with Crippen LogP contribution in [0.5, 0.6) is 0 Å². The second kappa shape index (κ2) is 5.25. The molecular weight excluding hydrogens is 272 g/mol. The Bertz CT molecular complexity index is 764. The van der Waals surface area contributed by atoms with E-state index < -0.39 is 0 Å². The largest absolute Gasteiger partial charge is 0.325 e. The summed E-state index contributed by atoms with van der Waals surface area (Å²) in [5.41, 5.74) is 14.2. The molecule has 0 spiro atoms. The van der Waals surface area contributed by atoms with Gasteiger partial charge in [-0.25, -0.2) is 0 Å². The van der Waals surface area contributed by atoms with Crippen molar-refractivity contribution in [2.45, 2.75) is 39.7 Å². The molecule has 2 aromatic carbocycles. The molecule has 22 heavy (non-hydrogen) atoms. The van der Waals surface area contributed by atoms with Gasteiger partial charge in [0.2, 0.25) is 5.91 Å². The van der Waals surface area contributed by atoms with E-state index in [1.807, 2.05) is 13.0 Å². The number of hydrogen-bond acceptors (Lipinski definition) is 2. The summed E-state index contributed by atoms with van der Waals surface area (Å²) in [5.74, 6) is -0.0449. The summed E-state index contributed by atoms with van der Waals surface area (Å²) in [6.07, 6.45) is 0. The van der Waals surface area contributed by atoms with Gasteiger partial charge in [-0.15, -0.1) is 0 Å². The van der Waals surface area contributed by atoms with Gasteiger partial charge in [0, 0.05) is 5.69 Å². The molecule has 1 aliphatic heterocycles. The first-order chi connectivity index (χ1) is 10.4. The van der Waals surface area contributed by atoms with E-state index in [4.69, 9.17) is 5.73 Å². The number of fused-ring (bicyclic) bond motifs is 1. The number of carbonyl (C=O) groups excluding carboxylic acids is 1. The Morgan fingerprint density at radius 1 is 1.14 bits per heavy atom. The Balaban J connectivity index is 2.13.